The minimum Gasteiger partial charge on any atom is -0.465 e. The lowest BCUT2D eigenvalue weighted by Crippen LogP contribution is -2.22. The van der Waals surface area contributed by atoms with Crippen LogP contribution in [0.25, 0.3) is 32.9 Å². The van der Waals surface area contributed by atoms with E-state index in [4.69, 9.17) is 10.5 Å². The Balaban J connectivity index is 1.80. The fraction of sp³-hybridized carbons (Fsp3) is 0.0909. The second-order valence-electron chi connectivity index (χ2n) is 6.98. The predicted octanol–water partition coefficient (Wildman–Crippen LogP) is 4.53. The van der Waals surface area contributed by atoms with E-state index in [0.717, 1.165) is 5.39 Å². The lowest BCUT2D eigenvalue weighted by molar-refractivity contribution is -0.113. The van der Waals surface area contributed by atoms with Crippen LogP contribution in [0.3, 0.4) is 0 Å². The maximum absolute atomic E-state index is 14.2. The van der Waals surface area contributed by atoms with Gasteiger partial charge in [-0.1, -0.05) is 6.58 Å². The number of allylic oxidation sites excluding steroid dienone is 2. The molecule has 0 unspecified atom stereocenters. The number of nitrogens with zero attached hydrogens (tertiary/aromatic N) is 1. The number of hydrogen-bond acceptors (Lipinski definition) is 4. The Hall–Kier alpha value is -4.07. The highest BCUT2D eigenvalue weighted by Gasteiger charge is 2.16. The number of halogens is 1. The fourth-order valence-electron chi connectivity index (χ4n) is 3.35. The van der Waals surface area contributed by atoms with Crippen molar-refractivity contribution in [3.63, 3.8) is 0 Å². The highest BCUT2D eigenvalue weighted by atomic mass is 19.1. The lowest BCUT2D eigenvalue weighted by Gasteiger charge is -2.12. The van der Waals surface area contributed by atoms with Crippen molar-refractivity contribution in [2.75, 3.05) is 5.32 Å². The van der Waals surface area contributed by atoms with Crippen LogP contribution >= 0.6 is 0 Å². The second kappa shape index (κ2) is 7.40. The molecule has 7 nitrogen and oxygen atoms in total. The Labute approximate surface area is 171 Å². The summed E-state index contributed by atoms with van der Waals surface area (Å²) in [6.45, 7) is 6.89. The third-order valence-electron chi connectivity index (χ3n) is 4.70. The number of aromatic nitrogens is 3. The number of nitrogens with one attached hydrogen (secondary N) is 3. The minimum absolute atomic E-state index is 0.0705. The first-order chi connectivity index (χ1) is 14.3. The van der Waals surface area contributed by atoms with E-state index in [1.165, 1.54) is 12.1 Å². The number of carbonyl (C=O) groups excluding carboxylic acids is 1. The largest absolute Gasteiger partial charge is 0.465 e. The summed E-state index contributed by atoms with van der Waals surface area (Å²) in [5.74, 6) is -0.225. The van der Waals surface area contributed by atoms with E-state index in [0.29, 0.717) is 39.0 Å². The zero-order chi connectivity index (χ0) is 21.4. The van der Waals surface area contributed by atoms with E-state index in [9.17, 15) is 9.18 Å². The number of benzene rings is 2. The standard InChI is InChI=1S/C22H20FN5O2/c1-11(2)30-12(3)21(24)22(29)27-19-6-13(7-20-17(19)10-26-28-20)16-8-14(23)9-18-15(16)4-5-25-18/h4-10,25H,1,24H2,2-3H3,(H,26,28)(H,27,29)/b21-12-. The molecule has 0 aliphatic rings. The third kappa shape index (κ3) is 3.50. The van der Waals surface area contributed by atoms with Crippen LogP contribution in [0, 0.1) is 5.82 Å². The number of aromatic amines is 2. The van der Waals surface area contributed by atoms with E-state index in [2.05, 4.69) is 27.1 Å². The average molecular weight is 405 g/mol. The molecule has 4 rings (SSSR count). The van der Waals surface area contributed by atoms with Gasteiger partial charge in [0.25, 0.3) is 5.91 Å². The molecule has 1 amide bonds. The van der Waals surface area contributed by atoms with Gasteiger partial charge in [0, 0.05) is 22.5 Å². The van der Waals surface area contributed by atoms with Gasteiger partial charge in [0.2, 0.25) is 0 Å². The van der Waals surface area contributed by atoms with Crippen LogP contribution in [0.5, 0.6) is 0 Å². The molecule has 2 heterocycles. The number of nitrogens with two attached hydrogens (primary N) is 1. The van der Waals surface area contributed by atoms with Crippen LogP contribution in [0.1, 0.15) is 13.8 Å². The van der Waals surface area contributed by atoms with Gasteiger partial charge in [0.05, 0.1) is 23.2 Å². The summed E-state index contributed by atoms with van der Waals surface area (Å²) in [5.41, 5.74) is 9.11. The number of carbonyl (C=O) groups is 1. The van der Waals surface area contributed by atoms with Crippen LogP contribution in [0.15, 0.2) is 66.5 Å². The van der Waals surface area contributed by atoms with Crippen LogP contribution in [-0.2, 0) is 9.53 Å². The van der Waals surface area contributed by atoms with Crippen molar-refractivity contribution in [1.29, 1.82) is 0 Å². The maximum atomic E-state index is 14.2. The van der Waals surface area contributed by atoms with Crippen molar-refractivity contribution in [2.45, 2.75) is 13.8 Å². The molecular weight excluding hydrogens is 385 g/mol. The van der Waals surface area contributed by atoms with Crippen molar-refractivity contribution in [3.8, 4) is 11.1 Å². The number of rotatable bonds is 5. The molecule has 0 saturated heterocycles. The molecule has 0 bridgehead atoms. The Morgan fingerprint density at radius 1 is 1.20 bits per heavy atom. The van der Waals surface area contributed by atoms with Crippen molar-refractivity contribution >= 4 is 33.4 Å². The van der Waals surface area contributed by atoms with Gasteiger partial charge < -0.3 is 20.8 Å². The molecule has 30 heavy (non-hydrogen) atoms. The van der Waals surface area contributed by atoms with Crippen LogP contribution in [0.4, 0.5) is 10.1 Å². The zero-order valence-electron chi connectivity index (χ0n) is 16.5. The summed E-state index contributed by atoms with van der Waals surface area (Å²) in [7, 11) is 0. The molecule has 4 aromatic rings. The van der Waals surface area contributed by atoms with E-state index in [1.807, 2.05) is 12.1 Å². The van der Waals surface area contributed by atoms with Gasteiger partial charge in [-0.05, 0) is 55.3 Å². The number of amides is 1. The predicted molar refractivity (Wildman–Crippen MR) is 115 cm³/mol. The van der Waals surface area contributed by atoms with Crippen molar-refractivity contribution < 1.29 is 13.9 Å². The number of hydrogen-bond donors (Lipinski definition) is 4. The highest BCUT2D eigenvalue weighted by molar-refractivity contribution is 6.09. The number of H-pyrrole nitrogens is 2. The Morgan fingerprint density at radius 2 is 2.00 bits per heavy atom. The number of ether oxygens (including phenoxy) is 1. The van der Waals surface area contributed by atoms with Gasteiger partial charge in [0.15, 0.2) is 0 Å². The average Bonchev–Trinajstić information content (AvgIpc) is 3.34. The van der Waals surface area contributed by atoms with E-state index < -0.39 is 5.91 Å². The normalized spacial score (nSPS) is 12.1. The monoisotopic (exact) mass is 405 g/mol. The summed E-state index contributed by atoms with van der Waals surface area (Å²) in [6, 6.07) is 8.39. The Morgan fingerprint density at radius 3 is 2.77 bits per heavy atom. The third-order valence-corrected chi connectivity index (χ3v) is 4.70. The van der Waals surface area contributed by atoms with Gasteiger partial charge in [-0.15, -0.1) is 0 Å². The molecule has 0 radical (unpaired) electrons. The van der Waals surface area contributed by atoms with E-state index >= 15 is 0 Å². The molecule has 0 aliphatic carbocycles. The van der Waals surface area contributed by atoms with Gasteiger partial charge in [-0.2, -0.15) is 5.10 Å². The topological polar surface area (TPSA) is 109 Å². The van der Waals surface area contributed by atoms with Crippen molar-refractivity contribution in [1.82, 2.24) is 15.2 Å². The van der Waals surface area contributed by atoms with Crippen LogP contribution < -0.4 is 11.1 Å². The SMILES string of the molecule is C=C(C)O/C(C)=C(\N)C(=O)Nc1cc(-c2cc(F)cc3[nH]ccc23)cc2[nH]ncc12. The van der Waals surface area contributed by atoms with E-state index in [-0.39, 0.29) is 17.3 Å². The van der Waals surface area contributed by atoms with Crippen molar-refractivity contribution in [2.24, 2.45) is 5.73 Å². The smallest absolute Gasteiger partial charge is 0.275 e. The number of fused-ring (bicyclic) bond motifs is 2. The molecule has 2 aromatic heterocycles. The van der Waals surface area contributed by atoms with Crippen LogP contribution in [-0.4, -0.2) is 21.1 Å². The van der Waals surface area contributed by atoms with Gasteiger partial charge >= 0.3 is 0 Å². The first kappa shape index (κ1) is 19.3. The fourth-order valence-corrected chi connectivity index (χ4v) is 3.35. The zero-order valence-corrected chi connectivity index (χ0v) is 16.5. The first-order valence-corrected chi connectivity index (χ1v) is 9.18. The molecular formula is C22H20FN5O2. The quantitative estimate of drug-likeness (QED) is 0.289. The molecule has 0 fully saturated rings. The first-order valence-electron chi connectivity index (χ1n) is 9.18. The molecule has 0 saturated carbocycles. The molecule has 152 valence electrons. The number of anilines is 1. The molecule has 8 heteroatoms. The molecule has 2 aromatic carbocycles. The van der Waals surface area contributed by atoms with Crippen LogP contribution in [0.2, 0.25) is 0 Å². The summed E-state index contributed by atoms with van der Waals surface area (Å²) >= 11 is 0. The van der Waals surface area contributed by atoms with Crippen molar-refractivity contribution in [3.05, 3.63) is 72.3 Å². The molecule has 0 aliphatic heterocycles. The highest BCUT2D eigenvalue weighted by Crippen LogP contribution is 2.34. The molecule has 0 atom stereocenters. The van der Waals surface area contributed by atoms with Gasteiger partial charge in [-0.25, -0.2) is 4.39 Å². The van der Waals surface area contributed by atoms with Gasteiger partial charge in [0.1, 0.15) is 17.3 Å². The maximum Gasteiger partial charge on any atom is 0.275 e. The van der Waals surface area contributed by atoms with E-state index in [1.54, 1.807) is 32.3 Å². The van der Waals surface area contributed by atoms with Gasteiger partial charge in [-0.3, -0.25) is 9.89 Å². The molecule has 5 N–H and O–H groups in total. The Kier molecular flexibility index (Phi) is 4.75. The summed E-state index contributed by atoms with van der Waals surface area (Å²) in [6.07, 6.45) is 3.35. The minimum atomic E-state index is -0.528. The second-order valence-corrected chi connectivity index (χ2v) is 6.98. The summed E-state index contributed by atoms with van der Waals surface area (Å²) in [5, 5.41) is 11.3. The molecule has 0 spiro atoms. The Bertz CT molecular complexity index is 1330. The summed E-state index contributed by atoms with van der Waals surface area (Å²) in [4.78, 5) is 15.7. The summed E-state index contributed by atoms with van der Waals surface area (Å²) < 4.78 is 19.5. The lowest BCUT2D eigenvalue weighted by atomic mass is 9.99.